The van der Waals surface area contributed by atoms with Crippen molar-refractivity contribution in [1.82, 2.24) is 0 Å². The van der Waals surface area contributed by atoms with Crippen molar-refractivity contribution in [2.75, 3.05) is 20.8 Å². The first-order valence-corrected chi connectivity index (χ1v) is 5.71. The van der Waals surface area contributed by atoms with E-state index in [1.54, 1.807) is 13.0 Å². The zero-order valence-corrected chi connectivity index (χ0v) is 10.9. The lowest BCUT2D eigenvalue weighted by Crippen LogP contribution is -2.06. The van der Waals surface area contributed by atoms with E-state index in [-0.39, 0.29) is 18.1 Å². The molecule has 5 heteroatoms. The molecule has 1 N–H and O–H groups in total. The maximum Gasteiger partial charge on any atom is 0.306 e. The van der Waals surface area contributed by atoms with Gasteiger partial charge < -0.3 is 19.3 Å². The fourth-order valence-electron chi connectivity index (χ4n) is 1.62. The molecule has 5 nitrogen and oxygen atoms in total. The van der Waals surface area contributed by atoms with Gasteiger partial charge in [0.05, 0.1) is 20.8 Å². The molecule has 0 aliphatic heterocycles. The predicted molar refractivity (Wildman–Crippen MR) is 66.2 cm³/mol. The third-order valence-electron chi connectivity index (χ3n) is 2.50. The van der Waals surface area contributed by atoms with Gasteiger partial charge >= 0.3 is 5.97 Å². The highest BCUT2D eigenvalue weighted by Crippen LogP contribution is 2.34. The molecule has 0 spiro atoms. The van der Waals surface area contributed by atoms with Crippen molar-refractivity contribution >= 4 is 5.97 Å². The largest absolute Gasteiger partial charge is 0.507 e. The Bertz CT molecular complexity index is 414. The van der Waals surface area contributed by atoms with Crippen molar-refractivity contribution in [2.45, 2.75) is 19.8 Å². The zero-order chi connectivity index (χ0) is 13.5. The minimum Gasteiger partial charge on any atom is -0.507 e. The second kappa shape index (κ2) is 6.74. The van der Waals surface area contributed by atoms with Crippen LogP contribution in [-0.2, 0) is 16.0 Å². The highest BCUT2D eigenvalue weighted by molar-refractivity contribution is 5.70. The number of carbonyl (C=O) groups is 1. The van der Waals surface area contributed by atoms with Gasteiger partial charge in [0, 0.05) is 24.1 Å². The third kappa shape index (κ3) is 3.55. The van der Waals surface area contributed by atoms with Crippen molar-refractivity contribution in [3.8, 4) is 17.2 Å². The van der Waals surface area contributed by atoms with Gasteiger partial charge in [-0.05, 0) is 13.3 Å². The molecule has 0 unspecified atom stereocenters. The lowest BCUT2D eigenvalue weighted by atomic mass is 10.1. The van der Waals surface area contributed by atoms with Gasteiger partial charge in [0.1, 0.15) is 17.2 Å². The van der Waals surface area contributed by atoms with Crippen molar-refractivity contribution in [1.29, 1.82) is 0 Å². The summed E-state index contributed by atoms with van der Waals surface area (Å²) >= 11 is 0. The number of esters is 1. The fraction of sp³-hybridized carbons (Fsp3) is 0.462. The van der Waals surface area contributed by atoms with E-state index in [1.807, 2.05) is 0 Å². The molecular formula is C13H18O5. The number of rotatable bonds is 6. The molecular weight excluding hydrogens is 236 g/mol. The first-order chi connectivity index (χ1) is 8.62. The van der Waals surface area contributed by atoms with E-state index in [1.165, 1.54) is 20.3 Å². The summed E-state index contributed by atoms with van der Waals surface area (Å²) < 4.78 is 15.0. The van der Waals surface area contributed by atoms with Gasteiger partial charge in [-0.15, -0.1) is 0 Å². The second-order valence-corrected chi connectivity index (χ2v) is 3.63. The number of hydrogen-bond acceptors (Lipinski definition) is 5. The Kier molecular flexibility index (Phi) is 5.30. The van der Waals surface area contributed by atoms with Crippen LogP contribution in [0.25, 0.3) is 0 Å². The average molecular weight is 254 g/mol. The molecule has 18 heavy (non-hydrogen) atoms. The van der Waals surface area contributed by atoms with Crippen molar-refractivity contribution < 1.29 is 24.1 Å². The lowest BCUT2D eigenvalue weighted by molar-refractivity contribution is -0.143. The third-order valence-corrected chi connectivity index (χ3v) is 2.50. The van der Waals surface area contributed by atoms with Gasteiger partial charge in [0.15, 0.2) is 0 Å². The number of phenols is 1. The molecule has 0 aliphatic rings. The topological polar surface area (TPSA) is 65.0 Å². The van der Waals surface area contributed by atoms with E-state index < -0.39 is 0 Å². The van der Waals surface area contributed by atoms with E-state index in [0.717, 1.165) is 0 Å². The van der Waals surface area contributed by atoms with Gasteiger partial charge in [-0.1, -0.05) is 0 Å². The quantitative estimate of drug-likeness (QED) is 0.785. The number of methoxy groups -OCH3 is 2. The second-order valence-electron chi connectivity index (χ2n) is 3.63. The van der Waals surface area contributed by atoms with Crippen LogP contribution in [0.3, 0.4) is 0 Å². The first-order valence-electron chi connectivity index (χ1n) is 5.71. The fourth-order valence-corrected chi connectivity index (χ4v) is 1.62. The molecule has 0 saturated heterocycles. The summed E-state index contributed by atoms with van der Waals surface area (Å²) in [4.78, 5) is 11.3. The number of aromatic hydroxyl groups is 1. The molecule has 1 aromatic carbocycles. The summed E-state index contributed by atoms with van der Waals surface area (Å²) in [6, 6.07) is 3.16. The number of carbonyl (C=O) groups excluding carboxylic acids is 1. The summed E-state index contributed by atoms with van der Waals surface area (Å²) in [6.07, 6.45) is 0.557. The van der Waals surface area contributed by atoms with E-state index in [9.17, 15) is 9.90 Å². The first kappa shape index (κ1) is 14.2. The number of phenolic OH excluding ortho intramolecular Hbond substituents is 1. The van der Waals surface area contributed by atoms with E-state index in [0.29, 0.717) is 30.1 Å². The molecule has 0 bridgehead atoms. The molecule has 0 aliphatic carbocycles. The number of hydrogen-bond donors (Lipinski definition) is 1. The maximum absolute atomic E-state index is 11.3. The van der Waals surface area contributed by atoms with Crippen molar-refractivity contribution in [3.63, 3.8) is 0 Å². The van der Waals surface area contributed by atoms with Crippen LogP contribution in [0.4, 0.5) is 0 Å². The Balaban J connectivity index is 2.84. The highest BCUT2D eigenvalue weighted by atomic mass is 16.5. The maximum atomic E-state index is 11.3. The van der Waals surface area contributed by atoms with Gasteiger partial charge in [0.2, 0.25) is 0 Å². The van der Waals surface area contributed by atoms with Crippen LogP contribution in [0, 0.1) is 0 Å². The molecule has 0 atom stereocenters. The molecule has 0 saturated carbocycles. The van der Waals surface area contributed by atoms with Crippen LogP contribution >= 0.6 is 0 Å². The Morgan fingerprint density at radius 3 is 2.56 bits per heavy atom. The zero-order valence-electron chi connectivity index (χ0n) is 10.9. The summed E-state index contributed by atoms with van der Waals surface area (Å²) in [5, 5.41) is 9.87. The number of ether oxygens (including phenoxy) is 3. The smallest absolute Gasteiger partial charge is 0.306 e. The molecule has 0 radical (unpaired) electrons. The van der Waals surface area contributed by atoms with E-state index >= 15 is 0 Å². The van der Waals surface area contributed by atoms with Crippen LogP contribution < -0.4 is 9.47 Å². The van der Waals surface area contributed by atoms with Crippen molar-refractivity contribution in [3.05, 3.63) is 17.7 Å². The van der Waals surface area contributed by atoms with Crippen LogP contribution in [0.1, 0.15) is 18.9 Å². The summed E-state index contributed by atoms with van der Waals surface area (Å²) in [6.45, 7) is 2.11. The molecule has 0 heterocycles. The monoisotopic (exact) mass is 254 g/mol. The Morgan fingerprint density at radius 1 is 1.28 bits per heavy atom. The van der Waals surface area contributed by atoms with Gasteiger partial charge in [-0.3, -0.25) is 4.79 Å². The Hall–Kier alpha value is -1.91. The van der Waals surface area contributed by atoms with Gasteiger partial charge in [-0.2, -0.15) is 0 Å². The molecule has 0 aromatic heterocycles. The minimum atomic E-state index is -0.297. The van der Waals surface area contributed by atoms with Crippen LogP contribution in [0.2, 0.25) is 0 Å². The molecule has 100 valence electrons. The highest BCUT2D eigenvalue weighted by Gasteiger charge is 2.13. The minimum absolute atomic E-state index is 0.0514. The normalized spacial score (nSPS) is 9.94. The Labute approximate surface area is 106 Å². The van der Waals surface area contributed by atoms with Crippen LogP contribution in [0.5, 0.6) is 17.2 Å². The summed E-state index contributed by atoms with van der Waals surface area (Å²) in [5.74, 6) is 0.755. The molecule has 0 fully saturated rings. The van der Waals surface area contributed by atoms with E-state index in [4.69, 9.17) is 14.2 Å². The SMILES string of the molecule is CCOC(=O)CCc1c(O)cc(OC)cc1OC. The molecule has 1 aromatic rings. The van der Waals surface area contributed by atoms with Gasteiger partial charge in [-0.25, -0.2) is 0 Å². The molecule has 1 rings (SSSR count). The van der Waals surface area contributed by atoms with E-state index in [2.05, 4.69) is 0 Å². The van der Waals surface area contributed by atoms with Crippen LogP contribution in [-0.4, -0.2) is 31.9 Å². The predicted octanol–water partition coefficient (Wildman–Crippen LogP) is 1.91. The van der Waals surface area contributed by atoms with Gasteiger partial charge in [0.25, 0.3) is 0 Å². The van der Waals surface area contributed by atoms with Crippen molar-refractivity contribution in [2.24, 2.45) is 0 Å². The molecule has 0 amide bonds. The average Bonchev–Trinajstić information content (AvgIpc) is 2.36. The Morgan fingerprint density at radius 2 is 2.00 bits per heavy atom. The standard InChI is InChI=1S/C13H18O5/c1-4-18-13(15)6-5-10-11(14)7-9(16-2)8-12(10)17-3/h7-8,14H,4-6H2,1-3H3. The summed E-state index contributed by atoms with van der Waals surface area (Å²) in [7, 11) is 3.01. The lowest BCUT2D eigenvalue weighted by Gasteiger charge is -2.12. The number of benzene rings is 1. The summed E-state index contributed by atoms with van der Waals surface area (Å²) in [5.41, 5.74) is 0.575. The van der Waals surface area contributed by atoms with Crippen LogP contribution in [0.15, 0.2) is 12.1 Å².